The molecule has 1 unspecified atom stereocenters. The van der Waals surface area contributed by atoms with Gasteiger partial charge in [0.05, 0.1) is 0 Å². The molecule has 0 amide bonds. The van der Waals surface area contributed by atoms with Crippen LogP contribution in [0.1, 0.15) is 29.5 Å². The quantitative estimate of drug-likeness (QED) is 0.614. The second-order valence-electron chi connectivity index (χ2n) is 7.77. The molecule has 3 aromatic carbocycles. The molecule has 0 aliphatic carbocycles. The van der Waals surface area contributed by atoms with Crippen LogP contribution in [-0.2, 0) is 16.9 Å². The third-order valence-corrected chi connectivity index (χ3v) is 5.96. The Labute approximate surface area is 173 Å². The fourth-order valence-corrected chi connectivity index (χ4v) is 4.45. The largest absolute Gasteiger partial charge is 0.309 e. The predicted octanol–water partition coefficient (Wildman–Crippen LogP) is 4.38. The van der Waals surface area contributed by atoms with Crippen molar-refractivity contribution in [2.24, 2.45) is 0 Å². The molecule has 4 rings (SSSR count). The number of piperidine rings is 1. The first-order valence-corrected chi connectivity index (χ1v) is 10.4. The molecule has 1 N–H and O–H groups in total. The van der Waals surface area contributed by atoms with Gasteiger partial charge in [-0.15, -0.1) is 0 Å². The van der Waals surface area contributed by atoms with E-state index in [0.717, 1.165) is 49.9 Å². The highest BCUT2D eigenvalue weighted by Crippen LogP contribution is 2.36. The Bertz CT molecular complexity index is 856. The summed E-state index contributed by atoms with van der Waals surface area (Å²) in [7, 11) is 0. The normalized spacial score (nSPS) is 17.7. The van der Waals surface area contributed by atoms with E-state index in [1.165, 1.54) is 5.56 Å². The van der Waals surface area contributed by atoms with Crippen LogP contribution < -0.4 is 5.32 Å². The molecule has 3 aromatic rings. The van der Waals surface area contributed by atoms with Crippen molar-refractivity contribution >= 4 is 6.29 Å². The van der Waals surface area contributed by atoms with E-state index in [0.29, 0.717) is 6.04 Å². The summed E-state index contributed by atoms with van der Waals surface area (Å²) in [4.78, 5) is 15.1. The molecule has 0 bridgehead atoms. The second-order valence-corrected chi connectivity index (χ2v) is 7.77. The molecule has 1 saturated heterocycles. The fraction of sp³-hybridized carbons (Fsp3) is 0.269. The number of benzene rings is 3. The Morgan fingerprint density at radius 1 is 0.862 bits per heavy atom. The van der Waals surface area contributed by atoms with Gasteiger partial charge in [-0.3, -0.25) is 4.90 Å². The summed E-state index contributed by atoms with van der Waals surface area (Å²) < 4.78 is 0. The van der Waals surface area contributed by atoms with E-state index in [4.69, 9.17) is 0 Å². The number of likely N-dealkylation sites (tertiary alicyclic amines) is 1. The van der Waals surface area contributed by atoms with Crippen LogP contribution in [-0.4, -0.2) is 30.3 Å². The molecular formula is C26H28N2O. The minimum Gasteiger partial charge on any atom is -0.309 e. The van der Waals surface area contributed by atoms with E-state index in [-0.39, 0.29) is 0 Å². The van der Waals surface area contributed by atoms with Gasteiger partial charge in [-0.2, -0.15) is 0 Å². The number of rotatable bonds is 7. The van der Waals surface area contributed by atoms with Gasteiger partial charge in [0.1, 0.15) is 11.8 Å². The van der Waals surface area contributed by atoms with Crippen LogP contribution in [0.25, 0.3) is 0 Å². The lowest BCUT2D eigenvalue weighted by atomic mass is 9.81. The van der Waals surface area contributed by atoms with Crippen molar-refractivity contribution in [2.75, 3.05) is 13.1 Å². The summed E-state index contributed by atoms with van der Waals surface area (Å²) in [5, 5.41) is 3.71. The molecule has 1 aliphatic heterocycles. The summed E-state index contributed by atoms with van der Waals surface area (Å²) in [6.45, 7) is 2.60. The summed E-state index contributed by atoms with van der Waals surface area (Å²) in [6, 6.07) is 31.2. The van der Waals surface area contributed by atoms with E-state index in [9.17, 15) is 4.79 Å². The minimum absolute atomic E-state index is 0.357. The highest BCUT2D eigenvalue weighted by Gasteiger charge is 2.42. The maximum atomic E-state index is 12.8. The standard InChI is InChI=1S/C26H28N2O/c29-21-26(23-13-6-2-7-14-23,24-15-8-3-9-16-24)28-18-10-17-25(20-28)27-19-22-11-4-1-5-12-22/h1-9,11-16,21,25,27H,10,17-20H2. The zero-order valence-corrected chi connectivity index (χ0v) is 16.7. The molecular weight excluding hydrogens is 356 g/mol. The third kappa shape index (κ3) is 4.16. The molecule has 0 radical (unpaired) electrons. The molecule has 0 aromatic heterocycles. The number of nitrogens with zero attached hydrogens (tertiary/aromatic N) is 1. The Balaban J connectivity index is 1.61. The Kier molecular flexibility index (Phi) is 6.18. The van der Waals surface area contributed by atoms with Gasteiger partial charge in [0.2, 0.25) is 0 Å². The molecule has 1 heterocycles. The van der Waals surface area contributed by atoms with E-state index < -0.39 is 5.54 Å². The second kappa shape index (κ2) is 9.17. The van der Waals surface area contributed by atoms with Gasteiger partial charge in [-0.05, 0) is 36.1 Å². The van der Waals surface area contributed by atoms with Crippen molar-refractivity contribution < 1.29 is 4.79 Å². The van der Waals surface area contributed by atoms with Crippen molar-refractivity contribution in [3.63, 3.8) is 0 Å². The first-order chi connectivity index (χ1) is 14.3. The van der Waals surface area contributed by atoms with E-state index in [1.54, 1.807) is 0 Å². The van der Waals surface area contributed by atoms with Crippen LogP contribution in [0.5, 0.6) is 0 Å². The summed E-state index contributed by atoms with van der Waals surface area (Å²) >= 11 is 0. The number of hydrogen-bond acceptors (Lipinski definition) is 3. The van der Waals surface area contributed by atoms with Crippen molar-refractivity contribution in [1.29, 1.82) is 0 Å². The summed E-state index contributed by atoms with van der Waals surface area (Å²) in [5.74, 6) is 0. The van der Waals surface area contributed by atoms with Crippen LogP contribution in [0, 0.1) is 0 Å². The van der Waals surface area contributed by atoms with Crippen LogP contribution in [0.15, 0.2) is 91.0 Å². The SMILES string of the molecule is O=CC(c1ccccc1)(c1ccccc1)N1CCCC(NCc2ccccc2)C1. The van der Waals surface area contributed by atoms with Crippen LogP contribution >= 0.6 is 0 Å². The molecule has 3 heteroatoms. The lowest BCUT2D eigenvalue weighted by Crippen LogP contribution is -2.56. The molecule has 1 atom stereocenters. The topological polar surface area (TPSA) is 32.3 Å². The fourth-order valence-electron chi connectivity index (χ4n) is 4.45. The molecule has 148 valence electrons. The minimum atomic E-state index is -0.754. The Morgan fingerprint density at radius 2 is 1.41 bits per heavy atom. The summed E-state index contributed by atoms with van der Waals surface area (Å²) in [5.41, 5.74) is 2.60. The predicted molar refractivity (Wildman–Crippen MR) is 118 cm³/mol. The molecule has 1 fully saturated rings. The Morgan fingerprint density at radius 3 is 1.97 bits per heavy atom. The van der Waals surface area contributed by atoms with Gasteiger partial charge >= 0.3 is 0 Å². The van der Waals surface area contributed by atoms with E-state index in [1.807, 2.05) is 42.5 Å². The van der Waals surface area contributed by atoms with Crippen LogP contribution in [0.3, 0.4) is 0 Å². The van der Waals surface area contributed by atoms with Crippen LogP contribution in [0.4, 0.5) is 0 Å². The lowest BCUT2D eigenvalue weighted by molar-refractivity contribution is -0.117. The van der Waals surface area contributed by atoms with Gasteiger partial charge in [0.25, 0.3) is 0 Å². The van der Waals surface area contributed by atoms with Gasteiger partial charge in [0.15, 0.2) is 0 Å². The monoisotopic (exact) mass is 384 g/mol. The molecule has 1 aliphatic rings. The van der Waals surface area contributed by atoms with E-state index in [2.05, 4.69) is 58.7 Å². The van der Waals surface area contributed by atoms with Gasteiger partial charge in [0, 0.05) is 19.1 Å². The van der Waals surface area contributed by atoms with Crippen molar-refractivity contribution in [3.8, 4) is 0 Å². The average molecular weight is 385 g/mol. The maximum Gasteiger partial charge on any atom is 0.149 e. The third-order valence-electron chi connectivity index (χ3n) is 5.96. The van der Waals surface area contributed by atoms with Crippen LogP contribution in [0.2, 0.25) is 0 Å². The smallest absolute Gasteiger partial charge is 0.149 e. The van der Waals surface area contributed by atoms with Crippen molar-refractivity contribution in [1.82, 2.24) is 10.2 Å². The number of aldehydes is 1. The Hall–Kier alpha value is -2.75. The first kappa shape index (κ1) is 19.6. The summed E-state index contributed by atoms with van der Waals surface area (Å²) in [6.07, 6.45) is 3.33. The van der Waals surface area contributed by atoms with E-state index >= 15 is 0 Å². The van der Waals surface area contributed by atoms with Crippen molar-refractivity contribution in [2.45, 2.75) is 31.0 Å². The number of carbonyl (C=O) groups is 1. The van der Waals surface area contributed by atoms with Crippen molar-refractivity contribution in [3.05, 3.63) is 108 Å². The molecule has 29 heavy (non-hydrogen) atoms. The van der Waals surface area contributed by atoms with Gasteiger partial charge in [-0.25, -0.2) is 0 Å². The number of carbonyl (C=O) groups excluding carboxylic acids is 1. The highest BCUT2D eigenvalue weighted by atomic mass is 16.1. The zero-order chi connectivity index (χ0) is 19.9. The maximum absolute atomic E-state index is 12.8. The first-order valence-electron chi connectivity index (χ1n) is 10.4. The zero-order valence-electron chi connectivity index (χ0n) is 16.7. The molecule has 0 spiro atoms. The average Bonchev–Trinajstić information content (AvgIpc) is 2.81. The molecule has 3 nitrogen and oxygen atoms in total. The van der Waals surface area contributed by atoms with Gasteiger partial charge < -0.3 is 10.1 Å². The molecule has 0 saturated carbocycles. The number of hydrogen-bond donors (Lipinski definition) is 1. The van der Waals surface area contributed by atoms with Gasteiger partial charge in [-0.1, -0.05) is 91.0 Å². The highest BCUT2D eigenvalue weighted by molar-refractivity contribution is 5.74. The number of nitrogens with one attached hydrogen (secondary N) is 1. The lowest BCUT2D eigenvalue weighted by Gasteiger charge is -2.45.